The number of halogens is 5. The van der Waals surface area contributed by atoms with E-state index in [2.05, 4.69) is 9.72 Å². The Kier molecular flexibility index (Phi) is 4.50. The van der Waals surface area contributed by atoms with Crippen molar-refractivity contribution in [3.63, 3.8) is 0 Å². The van der Waals surface area contributed by atoms with Crippen molar-refractivity contribution in [2.75, 3.05) is 0 Å². The monoisotopic (exact) mass is 360 g/mol. The van der Waals surface area contributed by atoms with E-state index in [-0.39, 0.29) is 21.2 Å². The molecule has 0 unspecified atom stereocenters. The quantitative estimate of drug-likeness (QED) is 0.473. The first kappa shape index (κ1) is 14.0. The van der Waals surface area contributed by atoms with Crippen LogP contribution in [0.5, 0.6) is 5.88 Å². The van der Waals surface area contributed by atoms with Gasteiger partial charge in [-0.05, 0) is 34.2 Å². The van der Waals surface area contributed by atoms with Gasteiger partial charge in [-0.1, -0.05) is 0 Å². The molecule has 0 fully saturated rings. The number of nitrogens with zero attached hydrogens (tertiary/aromatic N) is 2. The van der Waals surface area contributed by atoms with Crippen LogP contribution in [0.3, 0.4) is 0 Å². The van der Waals surface area contributed by atoms with E-state index in [1.54, 1.807) is 28.7 Å². The first-order chi connectivity index (χ1) is 7.87. The fourth-order valence-corrected chi connectivity index (χ4v) is 1.74. The van der Waals surface area contributed by atoms with Crippen LogP contribution in [0.25, 0.3) is 0 Å². The average molecular weight is 360 g/mol. The van der Waals surface area contributed by atoms with Crippen molar-refractivity contribution in [1.29, 1.82) is 5.26 Å². The van der Waals surface area contributed by atoms with Gasteiger partial charge in [0.25, 0.3) is 0 Å². The Balaban J connectivity index is 3.24. The Labute approximate surface area is 108 Å². The van der Waals surface area contributed by atoms with Gasteiger partial charge in [0.2, 0.25) is 5.88 Å². The highest BCUT2D eigenvalue weighted by molar-refractivity contribution is 14.1. The Morgan fingerprint density at radius 2 is 2.12 bits per heavy atom. The van der Waals surface area contributed by atoms with E-state index in [9.17, 15) is 17.6 Å². The Morgan fingerprint density at radius 1 is 1.47 bits per heavy atom. The minimum Gasteiger partial charge on any atom is -0.387 e. The third-order valence-electron chi connectivity index (χ3n) is 1.76. The molecule has 0 aromatic carbocycles. The van der Waals surface area contributed by atoms with Crippen molar-refractivity contribution in [2.24, 2.45) is 0 Å². The van der Waals surface area contributed by atoms with E-state index in [1.807, 2.05) is 0 Å². The number of alkyl halides is 4. The molecule has 0 N–H and O–H groups in total. The maximum Gasteiger partial charge on any atom is 0.574 e. The zero-order valence-electron chi connectivity index (χ0n) is 8.18. The molecule has 0 aliphatic rings. The third-order valence-corrected chi connectivity index (χ3v) is 2.32. The Morgan fingerprint density at radius 3 is 2.59 bits per heavy atom. The average Bonchev–Trinajstić information content (AvgIpc) is 2.15. The predicted molar refractivity (Wildman–Crippen MR) is 57.8 cm³/mol. The number of nitriles is 1. The zero-order chi connectivity index (χ0) is 13.1. The summed E-state index contributed by atoms with van der Waals surface area (Å²) in [5.41, 5.74) is -0.196. The third kappa shape index (κ3) is 3.99. The fourth-order valence-electron chi connectivity index (χ4n) is 1.14. The summed E-state index contributed by atoms with van der Waals surface area (Å²) in [5, 5.41) is 8.50. The largest absolute Gasteiger partial charge is 0.574 e. The van der Waals surface area contributed by atoms with Crippen LogP contribution < -0.4 is 4.74 Å². The van der Waals surface area contributed by atoms with Gasteiger partial charge in [0.05, 0.1) is 12.5 Å². The maximum atomic E-state index is 12.7. The van der Waals surface area contributed by atoms with E-state index < -0.39 is 18.9 Å². The van der Waals surface area contributed by atoms with Crippen LogP contribution in [0.15, 0.2) is 6.07 Å². The molecule has 0 saturated carbocycles. The summed E-state index contributed by atoms with van der Waals surface area (Å²) in [6, 6.07) is 3.09. The molecule has 1 rings (SSSR count). The molecular formula is C9H5F4IN2O. The van der Waals surface area contributed by atoms with Crippen molar-refractivity contribution in [1.82, 2.24) is 4.98 Å². The molecule has 1 heterocycles. The zero-order valence-corrected chi connectivity index (χ0v) is 10.3. The second-order valence-corrected chi connectivity index (χ2v) is 4.01. The second-order valence-electron chi connectivity index (χ2n) is 2.90. The van der Waals surface area contributed by atoms with Gasteiger partial charge >= 0.3 is 6.36 Å². The summed E-state index contributed by atoms with van der Waals surface area (Å²) in [5.74, 6) is -0.836. The van der Waals surface area contributed by atoms with Crippen LogP contribution in [0.2, 0.25) is 0 Å². The smallest absolute Gasteiger partial charge is 0.387 e. The van der Waals surface area contributed by atoms with Crippen LogP contribution >= 0.6 is 22.6 Å². The molecule has 17 heavy (non-hydrogen) atoms. The molecule has 0 bridgehead atoms. The van der Waals surface area contributed by atoms with Gasteiger partial charge in [-0.2, -0.15) is 5.26 Å². The van der Waals surface area contributed by atoms with Crippen LogP contribution in [0.4, 0.5) is 17.6 Å². The van der Waals surface area contributed by atoms with Crippen molar-refractivity contribution in [3.8, 4) is 11.9 Å². The van der Waals surface area contributed by atoms with Crippen molar-refractivity contribution in [3.05, 3.63) is 20.9 Å². The van der Waals surface area contributed by atoms with Crippen LogP contribution in [-0.2, 0) is 13.1 Å². The van der Waals surface area contributed by atoms with E-state index >= 15 is 0 Å². The van der Waals surface area contributed by atoms with Crippen molar-refractivity contribution < 1.29 is 22.3 Å². The Hall–Kier alpha value is -1.11. The lowest BCUT2D eigenvalue weighted by Crippen LogP contribution is -2.19. The molecule has 0 aliphatic carbocycles. The number of pyridine rings is 1. The van der Waals surface area contributed by atoms with Crippen LogP contribution in [0.1, 0.15) is 11.1 Å². The maximum absolute atomic E-state index is 12.7. The van der Waals surface area contributed by atoms with Gasteiger partial charge in [0.1, 0.15) is 10.4 Å². The highest BCUT2D eigenvalue weighted by Gasteiger charge is 2.33. The summed E-state index contributed by atoms with van der Waals surface area (Å²) < 4.78 is 52.7. The first-order valence-electron chi connectivity index (χ1n) is 4.24. The molecule has 8 heteroatoms. The van der Waals surface area contributed by atoms with Gasteiger partial charge in [-0.25, -0.2) is 9.37 Å². The number of aromatic nitrogens is 1. The second kappa shape index (κ2) is 5.48. The molecule has 1 aromatic rings. The normalized spacial score (nSPS) is 11.1. The van der Waals surface area contributed by atoms with Crippen molar-refractivity contribution >= 4 is 22.6 Å². The molecule has 1 aromatic heterocycles. The fraction of sp³-hybridized carbons (Fsp3) is 0.333. The van der Waals surface area contributed by atoms with Gasteiger partial charge in [0, 0.05) is 5.56 Å². The topological polar surface area (TPSA) is 45.9 Å². The molecule has 0 aliphatic heterocycles. The minimum atomic E-state index is -4.94. The molecule has 92 valence electrons. The molecule has 0 spiro atoms. The van der Waals surface area contributed by atoms with Crippen molar-refractivity contribution in [2.45, 2.75) is 19.5 Å². The SMILES string of the molecule is N#CCc1cc(I)nc(OC(F)(F)F)c1CF. The first-order valence-corrected chi connectivity index (χ1v) is 5.32. The standard InChI is InChI=1S/C9H5F4IN2O/c10-4-6-5(1-2-15)3-7(14)16-8(6)17-9(11,12)13/h3H,1,4H2. The van der Waals surface area contributed by atoms with E-state index in [0.717, 1.165) is 0 Å². The minimum absolute atomic E-state index is 0.147. The number of ether oxygens (including phenoxy) is 1. The summed E-state index contributed by atoms with van der Waals surface area (Å²) in [6.45, 7) is -1.17. The molecule has 0 saturated heterocycles. The number of hydrogen-bond acceptors (Lipinski definition) is 3. The lowest BCUT2D eigenvalue weighted by Gasteiger charge is -2.13. The summed E-state index contributed by atoms with van der Waals surface area (Å²) in [7, 11) is 0. The summed E-state index contributed by atoms with van der Waals surface area (Å²) >= 11 is 1.66. The number of rotatable bonds is 3. The van der Waals surface area contributed by atoms with Gasteiger partial charge < -0.3 is 4.74 Å². The van der Waals surface area contributed by atoms with Gasteiger partial charge in [0.15, 0.2) is 0 Å². The molecule has 0 amide bonds. The highest BCUT2D eigenvalue weighted by atomic mass is 127. The molecule has 0 atom stereocenters. The van der Waals surface area contributed by atoms with Crippen LogP contribution in [0, 0.1) is 15.0 Å². The molecule has 3 nitrogen and oxygen atoms in total. The van der Waals surface area contributed by atoms with E-state index in [1.165, 1.54) is 6.07 Å². The lowest BCUT2D eigenvalue weighted by atomic mass is 10.1. The summed E-state index contributed by atoms with van der Waals surface area (Å²) in [4.78, 5) is 3.47. The predicted octanol–water partition coefficient (Wildman–Crippen LogP) is 3.12. The molecule has 0 radical (unpaired) electrons. The summed E-state index contributed by atoms with van der Waals surface area (Å²) in [6.07, 6.45) is -5.14. The van der Waals surface area contributed by atoms with Crippen LogP contribution in [-0.4, -0.2) is 11.3 Å². The lowest BCUT2D eigenvalue weighted by molar-refractivity contribution is -0.276. The van der Waals surface area contributed by atoms with Gasteiger partial charge in [-0.3, -0.25) is 0 Å². The van der Waals surface area contributed by atoms with Gasteiger partial charge in [-0.15, -0.1) is 13.2 Å². The van der Waals surface area contributed by atoms with E-state index in [4.69, 9.17) is 5.26 Å². The molecular weight excluding hydrogens is 355 g/mol. The highest BCUT2D eigenvalue weighted by Crippen LogP contribution is 2.29. The van der Waals surface area contributed by atoms with E-state index in [0.29, 0.717) is 0 Å². The number of hydrogen-bond donors (Lipinski definition) is 0. The Bertz CT molecular complexity index is 456.